The molecule has 0 aliphatic heterocycles. The topological polar surface area (TPSA) is 56.7 Å². The van der Waals surface area contributed by atoms with Crippen LogP contribution in [0.25, 0.3) is 0 Å². The van der Waals surface area contributed by atoms with Crippen LogP contribution in [0, 0.1) is 23.2 Å². The molecular formula is C15H24N4. The second-order valence-electron chi connectivity index (χ2n) is 7.40. The van der Waals surface area contributed by atoms with E-state index in [1.807, 2.05) is 11.7 Å². The molecule has 4 aliphatic carbocycles. The van der Waals surface area contributed by atoms with Crippen LogP contribution in [0.1, 0.15) is 49.9 Å². The van der Waals surface area contributed by atoms with E-state index < -0.39 is 0 Å². The molecule has 1 heterocycles. The third-order valence-electron chi connectivity index (χ3n) is 5.92. The Labute approximate surface area is 114 Å². The Morgan fingerprint density at radius 2 is 1.74 bits per heavy atom. The first-order chi connectivity index (χ1) is 9.17. The lowest BCUT2D eigenvalue weighted by molar-refractivity contribution is -0.0531. The van der Waals surface area contributed by atoms with Gasteiger partial charge in [0.25, 0.3) is 0 Å². The van der Waals surface area contributed by atoms with Gasteiger partial charge in [-0.2, -0.15) is 0 Å². The zero-order valence-corrected chi connectivity index (χ0v) is 11.8. The summed E-state index contributed by atoms with van der Waals surface area (Å²) >= 11 is 0. The Kier molecular flexibility index (Phi) is 2.53. The average molecular weight is 260 g/mol. The Morgan fingerprint density at radius 1 is 1.16 bits per heavy atom. The molecule has 0 radical (unpaired) electrons. The Morgan fingerprint density at radius 3 is 2.26 bits per heavy atom. The monoisotopic (exact) mass is 260 g/mol. The number of aryl methyl sites for hydroxylation is 1. The van der Waals surface area contributed by atoms with Crippen molar-refractivity contribution in [2.24, 2.45) is 36.0 Å². The Balaban J connectivity index is 1.64. The van der Waals surface area contributed by atoms with Crippen molar-refractivity contribution in [3.63, 3.8) is 0 Å². The summed E-state index contributed by atoms with van der Waals surface area (Å²) in [4.78, 5) is 0. The van der Waals surface area contributed by atoms with E-state index in [2.05, 4.69) is 10.3 Å². The molecule has 0 amide bonds. The molecule has 104 valence electrons. The maximum Gasteiger partial charge on any atom is 0.0994 e. The van der Waals surface area contributed by atoms with Gasteiger partial charge in [-0.3, -0.25) is 4.68 Å². The lowest BCUT2D eigenvalue weighted by Crippen LogP contribution is -2.47. The average Bonchev–Trinajstić information content (AvgIpc) is 2.68. The standard InChI is InChI=1S/C15H24N4/c1-19-14(13(9-16)17-18-19)8-15-5-10-2-11(6-15)4-12(3-10)7-15/h10-12H,2-9,16H2,1H3. The molecule has 4 saturated carbocycles. The SMILES string of the molecule is Cn1nnc(CN)c1CC12CC3CC(CC(C3)C1)C2. The fourth-order valence-electron chi connectivity index (χ4n) is 5.66. The molecule has 4 bridgehead atoms. The summed E-state index contributed by atoms with van der Waals surface area (Å²) in [5.74, 6) is 3.02. The summed E-state index contributed by atoms with van der Waals surface area (Å²) < 4.78 is 1.96. The number of hydrogen-bond acceptors (Lipinski definition) is 3. The minimum Gasteiger partial charge on any atom is -0.325 e. The van der Waals surface area contributed by atoms with Crippen LogP contribution in [0.5, 0.6) is 0 Å². The minimum absolute atomic E-state index is 0.523. The molecule has 4 nitrogen and oxygen atoms in total. The zero-order valence-electron chi connectivity index (χ0n) is 11.8. The third-order valence-corrected chi connectivity index (χ3v) is 5.92. The van der Waals surface area contributed by atoms with Crippen molar-refractivity contribution in [1.29, 1.82) is 0 Å². The Bertz CT molecular complexity index is 455. The first kappa shape index (κ1) is 11.9. The molecule has 0 aromatic carbocycles. The maximum absolute atomic E-state index is 5.82. The van der Waals surface area contributed by atoms with Crippen molar-refractivity contribution in [3.05, 3.63) is 11.4 Å². The lowest BCUT2D eigenvalue weighted by atomic mass is 9.48. The van der Waals surface area contributed by atoms with Crippen LogP contribution in [0.3, 0.4) is 0 Å². The van der Waals surface area contributed by atoms with Crippen LogP contribution >= 0.6 is 0 Å². The molecule has 0 saturated heterocycles. The number of nitrogens with two attached hydrogens (primary N) is 1. The summed E-state index contributed by atoms with van der Waals surface area (Å²) in [6, 6.07) is 0. The minimum atomic E-state index is 0.523. The molecular weight excluding hydrogens is 236 g/mol. The van der Waals surface area contributed by atoms with Gasteiger partial charge in [-0.1, -0.05) is 5.21 Å². The van der Waals surface area contributed by atoms with Gasteiger partial charge in [0.15, 0.2) is 0 Å². The fraction of sp³-hybridized carbons (Fsp3) is 0.867. The van der Waals surface area contributed by atoms with E-state index in [9.17, 15) is 0 Å². The van der Waals surface area contributed by atoms with E-state index in [4.69, 9.17) is 5.73 Å². The zero-order chi connectivity index (χ0) is 13.0. The largest absolute Gasteiger partial charge is 0.325 e. The van der Waals surface area contributed by atoms with Crippen molar-refractivity contribution in [2.75, 3.05) is 0 Å². The van der Waals surface area contributed by atoms with Crippen molar-refractivity contribution in [3.8, 4) is 0 Å². The van der Waals surface area contributed by atoms with E-state index in [0.29, 0.717) is 12.0 Å². The molecule has 1 aromatic heterocycles. The quantitative estimate of drug-likeness (QED) is 0.904. The molecule has 0 spiro atoms. The molecule has 1 aromatic rings. The van der Waals surface area contributed by atoms with Crippen molar-refractivity contribution >= 4 is 0 Å². The second kappa shape index (κ2) is 4.05. The molecule has 4 heteroatoms. The predicted molar refractivity (Wildman–Crippen MR) is 73.2 cm³/mol. The highest BCUT2D eigenvalue weighted by molar-refractivity contribution is 5.15. The van der Waals surface area contributed by atoms with Crippen LogP contribution in [0.15, 0.2) is 0 Å². The van der Waals surface area contributed by atoms with Gasteiger partial charge in [-0.05, 0) is 68.1 Å². The summed E-state index contributed by atoms with van der Waals surface area (Å²) in [5, 5.41) is 8.39. The number of hydrogen-bond donors (Lipinski definition) is 1. The smallest absolute Gasteiger partial charge is 0.0994 e. The van der Waals surface area contributed by atoms with Crippen LogP contribution in [-0.2, 0) is 20.0 Å². The van der Waals surface area contributed by atoms with Gasteiger partial charge < -0.3 is 5.73 Å². The summed E-state index contributed by atoms with van der Waals surface area (Å²) in [5.41, 5.74) is 8.67. The highest BCUT2D eigenvalue weighted by Crippen LogP contribution is 2.61. The summed E-state index contributed by atoms with van der Waals surface area (Å²) in [6.07, 6.45) is 10.00. The van der Waals surface area contributed by atoms with E-state index >= 15 is 0 Å². The number of nitrogens with zero attached hydrogens (tertiary/aromatic N) is 3. The highest BCUT2D eigenvalue weighted by Gasteiger charge is 2.51. The van der Waals surface area contributed by atoms with Gasteiger partial charge in [0.2, 0.25) is 0 Å². The van der Waals surface area contributed by atoms with Crippen molar-refractivity contribution < 1.29 is 0 Å². The number of rotatable bonds is 3. The summed E-state index contributed by atoms with van der Waals surface area (Å²) in [7, 11) is 2.02. The Hall–Kier alpha value is -0.900. The summed E-state index contributed by atoms with van der Waals surface area (Å²) in [6.45, 7) is 0.523. The fourth-order valence-corrected chi connectivity index (χ4v) is 5.66. The molecule has 4 aliphatic rings. The molecule has 0 atom stereocenters. The maximum atomic E-state index is 5.82. The number of aromatic nitrogens is 3. The van der Waals surface area contributed by atoms with Crippen LogP contribution in [0.4, 0.5) is 0 Å². The van der Waals surface area contributed by atoms with Crippen LogP contribution in [-0.4, -0.2) is 15.0 Å². The molecule has 19 heavy (non-hydrogen) atoms. The van der Waals surface area contributed by atoms with Crippen LogP contribution in [0.2, 0.25) is 0 Å². The first-order valence-electron chi connectivity index (χ1n) is 7.75. The van der Waals surface area contributed by atoms with E-state index in [1.54, 1.807) is 0 Å². The molecule has 5 rings (SSSR count). The van der Waals surface area contributed by atoms with Gasteiger partial charge in [-0.15, -0.1) is 5.10 Å². The van der Waals surface area contributed by atoms with Gasteiger partial charge in [0, 0.05) is 13.6 Å². The third kappa shape index (κ3) is 1.83. The molecule has 2 N–H and O–H groups in total. The molecule has 4 fully saturated rings. The van der Waals surface area contributed by atoms with Gasteiger partial charge >= 0.3 is 0 Å². The van der Waals surface area contributed by atoms with Crippen molar-refractivity contribution in [2.45, 2.75) is 51.5 Å². The van der Waals surface area contributed by atoms with E-state index in [-0.39, 0.29) is 0 Å². The first-order valence-corrected chi connectivity index (χ1v) is 7.75. The molecule has 0 unspecified atom stereocenters. The van der Waals surface area contributed by atoms with Crippen molar-refractivity contribution in [1.82, 2.24) is 15.0 Å². The highest BCUT2D eigenvalue weighted by atomic mass is 15.4. The van der Waals surface area contributed by atoms with Gasteiger partial charge in [-0.25, -0.2) is 0 Å². The van der Waals surface area contributed by atoms with Gasteiger partial charge in [0.05, 0.1) is 11.4 Å². The van der Waals surface area contributed by atoms with E-state index in [1.165, 1.54) is 44.2 Å². The van der Waals surface area contributed by atoms with Gasteiger partial charge in [0.1, 0.15) is 0 Å². The lowest BCUT2D eigenvalue weighted by Gasteiger charge is -2.57. The van der Waals surface area contributed by atoms with E-state index in [0.717, 1.165) is 29.9 Å². The predicted octanol–water partition coefficient (Wildman–Crippen LogP) is 2.03. The van der Waals surface area contributed by atoms with Crippen LogP contribution < -0.4 is 5.73 Å². The normalized spacial score (nSPS) is 40.0. The second-order valence-corrected chi connectivity index (χ2v) is 7.40.